The highest BCUT2D eigenvalue weighted by molar-refractivity contribution is 9.10. The second-order valence-corrected chi connectivity index (χ2v) is 6.28. The molecule has 0 spiro atoms. The van der Waals surface area contributed by atoms with Gasteiger partial charge in [0, 0.05) is 23.4 Å². The maximum Gasteiger partial charge on any atom is 0.252 e. The zero-order chi connectivity index (χ0) is 15.5. The number of nitrogens with one attached hydrogen (secondary N) is 1. The first-order chi connectivity index (χ1) is 10.7. The highest BCUT2D eigenvalue weighted by Gasteiger charge is 2.23. The van der Waals surface area contributed by atoms with Crippen LogP contribution in [0, 0.1) is 0 Å². The van der Waals surface area contributed by atoms with E-state index in [9.17, 15) is 4.79 Å². The van der Waals surface area contributed by atoms with Crippen molar-refractivity contribution in [2.24, 2.45) is 0 Å². The lowest BCUT2D eigenvalue weighted by Crippen LogP contribution is -2.23. The summed E-state index contributed by atoms with van der Waals surface area (Å²) in [5, 5.41) is 2.93. The number of methoxy groups -OCH3 is 1. The van der Waals surface area contributed by atoms with E-state index in [4.69, 9.17) is 4.74 Å². The number of carbonyl (C=O) groups excluding carboxylic acids is 1. The average molecular weight is 361 g/mol. The quantitative estimate of drug-likeness (QED) is 0.884. The van der Waals surface area contributed by atoms with Crippen molar-refractivity contribution in [2.45, 2.75) is 25.3 Å². The lowest BCUT2D eigenvalue weighted by molar-refractivity contribution is 0.0949. The van der Waals surface area contributed by atoms with Crippen molar-refractivity contribution in [1.29, 1.82) is 0 Å². The molecule has 1 aromatic carbocycles. The summed E-state index contributed by atoms with van der Waals surface area (Å²) in [5.41, 5.74) is 2.86. The largest absolute Gasteiger partial charge is 0.497 e. The topological polar surface area (TPSA) is 51.2 Å². The van der Waals surface area contributed by atoms with Gasteiger partial charge in [-0.05, 0) is 64.0 Å². The number of aromatic nitrogens is 1. The number of ether oxygens (including phenoxy) is 1. The smallest absolute Gasteiger partial charge is 0.252 e. The number of hydrogen-bond acceptors (Lipinski definition) is 3. The van der Waals surface area contributed by atoms with E-state index in [0.29, 0.717) is 23.8 Å². The minimum Gasteiger partial charge on any atom is -0.497 e. The molecule has 1 aliphatic carbocycles. The van der Waals surface area contributed by atoms with E-state index in [2.05, 4.69) is 32.3 Å². The van der Waals surface area contributed by atoms with E-state index in [0.717, 1.165) is 10.0 Å². The molecule has 0 saturated heterocycles. The molecule has 0 bridgehead atoms. The van der Waals surface area contributed by atoms with Crippen LogP contribution in [-0.4, -0.2) is 18.0 Å². The first-order valence-electron chi connectivity index (χ1n) is 7.23. The third-order valence-electron chi connectivity index (χ3n) is 3.74. The molecule has 2 aromatic rings. The van der Waals surface area contributed by atoms with Gasteiger partial charge in [-0.25, -0.2) is 0 Å². The van der Waals surface area contributed by atoms with Crippen LogP contribution in [-0.2, 0) is 6.54 Å². The van der Waals surface area contributed by atoms with Gasteiger partial charge in [-0.2, -0.15) is 0 Å². The van der Waals surface area contributed by atoms with E-state index >= 15 is 0 Å². The number of nitrogens with zero attached hydrogens (tertiary/aromatic N) is 1. The standard InChI is InChI=1S/C17H17BrN2O2/c1-22-14-4-5-16(18)15(7-14)17(21)20-9-11-6-13(10-19-8-11)12-2-3-12/h4-8,10,12H,2-3,9H2,1H3,(H,20,21). The predicted octanol–water partition coefficient (Wildman–Crippen LogP) is 3.66. The van der Waals surface area contributed by atoms with Crippen LogP contribution in [0.4, 0.5) is 0 Å². The van der Waals surface area contributed by atoms with E-state index in [-0.39, 0.29) is 5.91 Å². The maximum absolute atomic E-state index is 12.3. The highest BCUT2D eigenvalue weighted by Crippen LogP contribution is 2.39. The minimum absolute atomic E-state index is 0.136. The summed E-state index contributed by atoms with van der Waals surface area (Å²) < 4.78 is 5.91. The van der Waals surface area contributed by atoms with Gasteiger partial charge in [-0.15, -0.1) is 0 Å². The van der Waals surface area contributed by atoms with Gasteiger partial charge >= 0.3 is 0 Å². The third kappa shape index (κ3) is 3.47. The number of carbonyl (C=O) groups is 1. The van der Waals surface area contributed by atoms with Crippen molar-refractivity contribution in [3.8, 4) is 5.75 Å². The number of rotatable bonds is 5. The number of benzene rings is 1. The van der Waals surface area contributed by atoms with Gasteiger partial charge in [0.15, 0.2) is 0 Å². The fourth-order valence-electron chi connectivity index (χ4n) is 2.33. The molecular weight excluding hydrogens is 344 g/mol. The van der Waals surface area contributed by atoms with Crippen LogP contribution in [0.5, 0.6) is 5.75 Å². The molecule has 1 aliphatic rings. The average Bonchev–Trinajstić information content (AvgIpc) is 3.38. The van der Waals surface area contributed by atoms with Crippen molar-refractivity contribution < 1.29 is 9.53 Å². The second-order valence-electron chi connectivity index (χ2n) is 5.43. The van der Waals surface area contributed by atoms with E-state index in [1.807, 2.05) is 18.3 Å². The molecule has 1 N–H and O–H groups in total. The van der Waals surface area contributed by atoms with Gasteiger partial charge in [-0.3, -0.25) is 9.78 Å². The van der Waals surface area contributed by atoms with Gasteiger partial charge in [0.25, 0.3) is 5.91 Å². The number of amides is 1. The van der Waals surface area contributed by atoms with Crippen LogP contribution in [0.25, 0.3) is 0 Å². The molecular formula is C17H17BrN2O2. The van der Waals surface area contributed by atoms with Crippen molar-refractivity contribution in [3.63, 3.8) is 0 Å². The summed E-state index contributed by atoms with van der Waals surface area (Å²) in [5.74, 6) is 1.18. The Morgan fingerprint density at radius 3 is 2.91 bits per heavy atom. The summed E-state index contributed by atoms with van der Waals surface area (Å²) >= 11 is 3.40. The molecule has 0 atom stereocenters. The van der Waals surface area contributed by atoms with Crippen LogP contribution >= 0.6 is 15.9 Å². The molecule has 5 heteroatoms. The Hall–Kier alpha value is -1.88. The first-order valence-corrected chi connectivity index (χ1v) is 8.02. The molecule has 1 aromatic heterocycles. The van der Waals surface area contributed by atoms with Gasteiger partial charge in [0.2, 0.25) is 0 Å². The number of halogens is 1. The van der Waals surface area contributed by atoms with Crippen LogP contribution < -0.4 is 10.1 Å². The molecule has 114 valence electrons. The fraction of sp³-hybridized carbons (Fsp3) is 0.294. The summed E-state index contributed by atoms with van der Waals surface area (Å²) in [6.07, 6.45) is 6.21. The summed E-state index contributed by atoms with van der Waals surface area (Å²) in [4.78, 5) is 16.6. The summed E-state index contributed by atoms with van der Waals surface area (Å²) in [6, 6.07) is 7.47. The molecule has 0 aliphatic heterocycles. The third-order valence-corrected chi connectivity index (χ3v) is 4.43. The van der Waals surface area contributed by atoms with Crippen molar-refractivity contribution in [3.05, 3.63) is 57.8 Å². The number of hydrogen-bond donors (Lipinski definition) is 1. The van der Waals surface area contributed by atoms with Crippen LogP contribution in [0.2, 0.25) is 0 Å². The van der Waals surface area contributed by atoms with Crippen molar-refractivity contribution in [1.82, 2.24) is 10.3 Å². The Labute approximate surface area is 138 Å². The second kappa shape index (κ2) is 6.48. The first kappa shape index (κ1) is 15.0. The van der Waals surface area contributed by atoms with Crippen LogP contribution in [0.1, 0.15) is 40.2 Å². The highest BCUT2D eigenvalue weighted by atomic mass is 79.9. The normalized spacial score (nSPS) is 13.7. The summed E-state index contributed by atoms with van der Waals surface area (Å²) in [6.45, 7) is 0.468. The van der Waals surface area contributed by atoms with E-state index in [1.165, 1.54) is 18.4 Å². The Morgan fingerprint density at radius 2 is 2.18 bits per heavy atom. The maximum atomic E-state index is 12.3. The Kier molecular flexibility index (Phi) is 4.43. The summed E-state index contributed by atoms with van der Waals surface area (Å²) in [7, 11) is 1.58. The van der Waals surface area contributed by atoms with Gasteiger partial charge in [-0.1, -0.05) is 6.07 Å². The SMILES string of the molecule is COc1ccc(Br)c(C(=O)NCc2cncc(C3CC3)c2)c1. The van der Waals surface area contributed by atoms with Crippen molar-refractivity contribution in [2.75, 3.05) is 7.11 Å². The fourth-order valence-corrected chi connectivity index (χ4v) is 2.75. The lowest BCUT2D eigenvalue weighted by atomic mass is 10.1. The van der Waals surface area contributed by atoms with Gasteiger partial charge in [0.05, 0.1) is 12.7 Å². The zero-order valence-corrected chi connectivity index (χ0v) is 13.9. The Morgan fingerprint density at radius 1 is 1.36 bits per heavy atom. The Bertz CT molecular complexity index is 699. The van der Waals surface area contributed by atoms with Crippen LogP contribution in [0.15, 0.2) is 41.1 Å². The van der Waals surface area contributed by atoms with Crippen LogP contribution in [0.3, 0.4) is 0 Å². The Balaban J connectivity index is 1.68. The molecule has 22 heavy (non-hydrogen) atoms. The zero-order valence-electron chi connectivity index (χ0n) is 12.3. The van der Waals surface area contributed by atoms with Crippen molar-refractivity contribution >= 4 is 21.8 Å². The van der Waals surface area contributed by atoms with Gasteiger partial charge in [0.1, 0.15) is 5.75 Å². The molecule has 1 fully saturated rings. The number of pyridine rings is 1. The van der Waals surface area contributed by atoms with E-state index in [1.54, 1.807) is 19.4 Å². The molecule has 1 heterocycles. The van der Waals surface area contributed by atoms with E-state index < -0.39 is 0 Å². The molecule has 3 rings (SSSR count). The lowest BCUT2D eigenvalue weighted by Gasteiger charge is -2.09. The predicted molar refractivity (Wildman–Crippen MR) is 88.1 cm³/mol. The molecule has 0 radical (unpaired) electrons. The monoisotopic (exact) mass is 360 g/mol. The molecule has 1 saturated carbocycles. The molecule has 0 unspecified atom stereocenters. The molecule has 4 nitrogen and oxygen atoms in total. The minimum atomic E-state index is -0.136. The van der Waals surface area contributed by atoms with Gasteiger partial charge < -0.3 is 10.1 Å². The molecule has 1 amide bonds.